The molecule has 2 nitrogen and oxygen atoms in total. The second kappa shape index (κ2) is 5.69. The molecule has 0 saturated heterocycles. The van der Waals surface area contributed by atoms with Gasteiger partial charge in [0.15, 0.2) is 11.6 Å². The molecular weight excluding hydrogens is 258 g/mol. The van der Waals surface area contributed by atoms with Crippen LogP contribution in [0, 0.1) is 17.6 Å². The van der Waals surface area contributed by atoms with Crippen LogP contribution in [0.4, 0.5) is 8.78 Å². The summed E-state index contributed by atoms with van der Waals surface area (Å²) in [6, 6.07) is 3.09. The van der Waals surface area contributed by atoms with Gasteiger partial charge in [0.25, 0.3) is 0 Å². The van der Waals surface area contributed by atoms with Gasteiger partial charge in [-0.1, -0.05) is 12.8 Å². The van der Waals surface area contributed by atoms with Crippen LogP contribution in [0.2, 0.25) is 0 Å². The fourth-order valence-corrected chi connectivity index (χ4v) is 3.31. The van der Waals surface area contributed by atoms with Crippen molar-refractivity contribution in [3.63, 3.8) is 0 Å². The number of Topliss-reactive ketones (excluding diaryl/α,β-unsaturated/α-hetero) is 1. The van der Waals surface area contributed by atoms with Crippen LogP contribution in [-0.2, 0) is 15.6 Å². The molecule has 5 heteroatoms. The summed E-state index contributed by atoms with van der Waals surface area (Å²) in [6.07, 6.45) is 3.78. The molecule has 0 aromatic heterocycles. The first-order valence-corrected chi connectivity index (χ1v) is 7.26. The summed E-state index contributed by atoms with van der Waals surface area (Å²) in [5.74, 6) is -2.14. The summed E-state index contributed by atoms with van der Waals surface area (Å²) in [4.78, 5) is 12.0. The molecule has 1 aromatic carbocycles. The topological polar surface area (TPSA) is 34.1 Å². The van der Waals surface area contributed by atoms with E-state index < -0.39 is 22.4 Å². The van der Waals surface area contributed by atoms with Gasteiger partial charge in [-0.2, -0.15) is 0 Å². The zero-order valence-electron chi connectivity index (χ0n) is 9.83. The fourth-order valence-electron chi connectivity index (χ4n) is 2.20. The number of hydrogen-bond acceptors (Lipinski definition) is 2. The van der Waals surface area contributed by atoms with E-state index in [2.05, 4.69) is 0 Å². The van der Waals surface area contributed by atoms with Gasteiger partial charge in [0.2, 0.25) is 0 Å². The smallest absolute Gasteiger partial charge is 0.160 e. The van der Waals surface area contributed by atoms with Crippen LogP contribution < -0.4 is 0 Å². The lowest BCUT2D eigenvalue weighted by molar-refractivity contribution is -0.120. The average Bonchev–Trinajstić information content (AvgIpc) is 2.86. The minimum Gasteiger partial charge on any atom is -0.298 e. The highest BCUT2D eigenvalue weighted by molar-refractivity contribution is 7.85. The molecule has 0 spiro atoms. The van der Waals surface area contributed by atoms with Crippen LogP contribution in [0.15, 0.2) is 23.1 Å². The van der Waals surface area contributed by atoms with E-state index in [1.54, 1.807) is 0 Å². The molecule has 1 aliphatic carbocycles. The maximum absolute atomic E-state index is 13.0. The lowest BCUT2D eigenvalue weighted by Gasteiger charge is -2.07. The molecule has 1 saturated carbocycles. The summed E-state index contributed by atoms with van der Waals surface area (Å²) in [5.41, 5.74) is 0. The van der Waals surface area contributed by atoms with Gasteiger partial charge < -0.3 is 0 Å². The largest absolute Gasteiger partial charge is 0.298 e. The van der Waals surface area contributed by atoms with Crippen LogP contribution in [0.3, 0.4) is 0 Å². The number of carbonyl (C=O) groups excluding carboxylic acids is 1. The first kappa shape index (κ1) is 13.3. The maximum Gasteiger partial charge on any atom is 0.160 e. The Bertz CT molecular complexity index is 482. The van der Waals surface area contributed by atoms with E-state index in [1.807, 2.05) is 0 Å². The highest BCUT2D eigenvalue weighted by Gasteiger charge is 2.24. The molecule has 0 amide bonds. The molecule has 0 N–H and O–H groups in total. The van der Waals surface area contributed by atoms with E-state index in [-0.39, 0.29) is 22.3 Å². The number of halogens is 2. The first-order valence-electron chi connectivity index (χ1n) is 5.94. The Morgan fingerprint density at radius 3 is 2.50 bits per heavy atom. The van der Waals surface area contributed by atoms with Crippen LogP contribution in [0.25, 0.3) is 0 Å². The summed E-state index contributed by atoms with van der Waals surface area (Å²) in [5, 5.41) is 0. The SMILES string of the molecule is O=C(CS(=O)c1ccc(F)c(F)c1)C1CCCC1. The molecule has 1 fully saturated rings. The monoisotopic (exact) mass is 272 g/mol. The van der Waals surface area contributed by atoms with E-state index in [0.29, 0.717) is 0 Å². The van der Waals surface area contributed by atoms with Crippen molar-refractivity contribution in [1.82, 2.24) is 0 Å². The minimum absolute atomic E-state index is 0.000699. The lowest BCUT2D eigenvalue weighted by Crippen LogP contribution is -2.18. The number of ketones is 1. The maximum atomic E-state index is 13.0. The third kappa shape index (κ3) is 3.02. The van der Waals surface area contributed by atoms with Gasteiger partial charge in [-0.15, -0.1) is 0 Å². The van der Waals surface area contributed by atoms with Gasteiger partial charge in [0, 0.05) is 10.8 Å². The van der Waals surface area contributed by atoms with Gasteiger partial charge in [0.1, 0.15) is 5.78 Å². The van der Waals surface area contributed by atoms with E-state index in [1.165, 1.54) is 6.07 Å². The van der Waals surface area contributed by atoms with Gasteiger partial charge >= 0.3 is 0 Å². The summed E-state index contributed by atoms with van der Waals surface area (Å²) >= 11 is 0. The molecule has 1 unspecified atom stereocenters. The molecule has 0 bridgehead atoms. The molecule has 18 heavy (non-hydrogen) atoms. The van der Waals surface area contributed by atoms with E-state index in [9.17, 15) is 17.8 Å². The average molecular weight is 272 g/mol. The molecule has 0 radical (unpaired) electrons. The van der Waals surface area contributed by atoms with Crippen LogP contribution >= 0.6 is 0 Å². The second-order valence-electron chi connectivity index (χ2n) is 4.51. The normalized spacial score (nSPS) is 17.9. The zero-order chi connectivity index (χ0) is 13.1. The number of rotatable bonds is 4. The van der Waals surface area contributed by atoms with Crippen molar-refractivity contribution in [2.45, 2.75) is 30.6 Å². The quantitative estimate of drug-likeness (QED) is 0.844. The van der Waals surface area contributed by atoms with Crippen molar-refractivity contribution >= 4 is 16.6 Å². The van der Waals surface area contributed by atoms with E-state index in [4.69, 9.17) is 0 Å². The molecule has 1 aromatic rings. The molecule has 1 aliphatic rings. The summed E-state index contributed by atoms with van der Waals surface area (Å²) in [7, 11) is -1.58. The first-order chi connectivity index (χ1) is 8.58. The number of benzene rings is 1. The van der Waals surface area contributed by atoms with Gasteiger partial charge in [-0.25, -0.2) is 8.78 Å². The fraction of sp³-hybridized carbons (Fsp3) is 0.462. The van der Waals surface area contributed by atoms with Crippen molar-refractivity contribution in [3.8, 4) is 0 Å². The molecule has 0 aliphatic heterocycles. The third-order valence-corrected chi connectivity index (χ3v) is 4.56. The predicted molar refractivity (Wildman–Crippen MR) is 64.6 cm³/mol. The Morgan fingerprint density at radius 2 is 1.89 bits per heavy atom. The Hall–Kier alpha value is -1.10. The van der Waals surface area contributed by atoms with Gasteiger partial charge in [0.05, 0.1) is 16.6 Å². The van der Waals surface area contributed by atoms with Crippen LogP contribution in [0.1, 0.15) is 25.7 Å². The predicted octanol–water partition coefficient (Wildman–Crippen LogP) is 2.83. The summed E-state index contributed by atoms with van der Waals surface area (Å²) < 4.78 is 37.6. The summed E-state index contributed by atoms with van der Waals surface area (Å²) in [6.45, 7) is 0. The van der Waals surface area contributed by atoms with Crippen molar-refractivity contribution < 1.29 is 17.8 Å². The Balaban J connectivity index is 2.02. The van der Waals surface area contributed by atoms with E-state index >= 15 is 0 Å². The zero-order valence-corrected chi connectivity index (χ0v) is 10.6. The molecule has 2 rings (SSSR count). The van der Waals surface area contributed by atoms with Crippen molar-refractivity contribution in [1.29, 1.82) is 0 Å². The van der Waals surface area contributed by atoms with Crippen LogP contribution in [0.5, 0.6) is 0 Å². The van der Waals surface area contributed by atoms with Crippen molar-refractivity contribution in [2.24, 2.45) is 5.92 Å². The van der Waals surface area contributed by atoms with Gasteiger partial charge in [-0.3, -0.25) is 9.00 Å². The Labute approximate surface area is 107 Å². The molecule has 0 heterocycles. The highest BCUT2D eigenvalue weighted by Crippen LogP contribution is 2.26. The molecular formula is C13H14F2O2S. The van der Waals surface area contributed by atoms with E-state index in [0.717, 1.165) is 37.8 Å². The number of hydrogen-bond donors (Lipinski definition) is 0. The van der Waals surface area contributed by atoms with Crippen molar-refractivity contribution in [3.05, 3.63) is 29.8 Å². The minimum atomic E-state index is -1.58. The standard InChI is InChI=1S/C13H14F2O2S/c14-11-6-5-10(7-12(11)15)18(17)8-13(16)9-3-1-2-4-9/h5-7,9H,1-4,8H2. The van der Waals surface area contributed by atoms with Gasteiger partial charge in [-0.05, 0) is 31.0 Å². The third-order valence-electron chi connectivity index (χ3n) is 3.24. The van der Waals surface area contributed by atoms with Crippen molar-refractivity contribution in [2.75, 3.05) is 5.75 Å². The Morgan fingerprint density at radius 1 is 1.22 bits per heavy atom. The highest BCUT2D eigenvalue weighted by atomic mass is 32.2. The second-order valence-corrected chi connectivity index (χ2v) is 5.96. The van der Waals surface area contributed by atoms with Crippen LogP contribution in [-0.4, -0.2) is 15.7 Å². The molecule has 98 valence electrons. The Kier molecular flexibility index (Phi) is 4.22. The number of carbonyl (C=O) groups is 1. The molecule has 1 atom stereocenters. The lowest BCUT2D eigenvalue weighted by atomic mass is 10.0.